The van der Waals surface area contributed by atoms with Crippen molar-refractivity contribution in [3.63, 3.8) is 0 Å². The van der Waals surface area contributed by atoms with E-state index in [-0.39, 0.29) is 17.8 Å². The summed E-state index contributed by atoms with van der Waals surface area (Å²) < 4.78 is 20.9. The van der Waals surface area contributed by atoms with Gasteiger partial charge in [-0.2, -0.15) is 0 Å². The Hall–Kier alpha value is -2.99. The van der Waals surface area contributed by atoms with Crippen molar-refractivity contribution in [3.05, 3.63) is 77.2 Å². The number of amides is 1. The molecule has 0 N–H and O–H groups in total. The van der Waals surface area contributed by atoms with Crippen LogP contribution in [0.5, 0.6) is 0 Å². The maximum Gasteiger partial charge on any atom is 0.223 e. The van der Waals surface area contributed by atoms with Crippen LogP contribution in [0.15, 0.2) is 65.1 Å². The average Bonchev–Trinajstić information content (AvgIpc) is 3.51. The first kappa shape index (κ1) is 19.0. The summed E-state index contributed by atoms with van der Waals surface area (Å²) in [5.41, 5.74) is 1.43. The molecule has 0 unspecified atom stereocenters. The molecule has 4 nitrogen and oxygen atoms in total. The lowest BCUT2D eigenvalue weighted by Gasteiger charge is -2.23. The van der Waals surface area contributed by atoms with E-state index in [9.17, 15) is 9.18 Å². The van der Waals surface area contributed by atoms with Crippen LogP contribution in [-0.2, 0) is 11.2 Å². The van der Waals surface area contributed by atoms with Crippen LogP contribution in [-0.4, -0.2) is 22.3 Å². The minimum absolute atomic E-state index is 0.0560. The Balaban J connectivity index is 1.27. The van der Waals surface area contributed by atoms with Crippen LogP contribution in [0.3, 0.4) is 0 Å². The van der Waals surface area contributed by atoms with Gasteiger partial charge in [0.15, 0.2) is 0 Å². The number of nitrogens with zero attached hydrogens (tertiary/aromatic N) is 2. The number of fused-ring (bicyclic) bond motifs is 1. The number of rotatable bonds is 5. The highest BCUT2D eigenvalue weighted by atomic mass is 32.1. The van der Waals surface area contributed by atoms with Crippen LogP contribution in [0.25, 0.3) is 21.5 Å². The number of aryl methyl sites for hydroxylation is 1. The Kier molecular flexibility index (Phi) is 5.09. The predicted molar refractivity (Wildman–Crippen MR) is 116 cm³/mol. The predicted octanol–water partition coefficient (Wildman–Crippen LogP) is 5.99. The molecule has 30 heavy (non-hydrogen) atoms. The molecule has 152 valence electrons. The summed E-state index contributed by atoms with van der Waals surface area (Å²) in [6.07, 6.45) is 2.80. The van der Waals surface area contributed by atoms with E-state index in [2.05, 4.69) is 6.07 Å². The molecule has 0 spiro atoms. The maximum absolute atomic E-state index is 14.0. The number of carbonyl (C=O) groups excluding carboxylic acids is 1. The molecule has 1 aliphatic heterocycles. The van der Waals surface area contributed by atoms with Gasteiger partial charge >= 0.3 is 0 Å². The molecular weight excluding hydrogens is 399 g/mol. The summed E-state index contributed by atoms with van der Waals surface area (Å²) in [5, 5.41) is 1.02. The first-order valence-electron chi connectivity index (χ1n) is 10.2. The summed E-state index contributed by atoms with van der Waals surface area (Å²) in [4.78, 5) is 19.7. The van der Waals surface area contributed by atoms with Crippen LogP contribution >= 0.6 is 11.3 Å². The second-order valence-corrected chi connectivity index (χ2v) is 8.57. The molecule has 1 amide bonds. The molecule has 1 fully saturated rings. The van der Waals surface area contributed by atoms with Gasteiger partial charge in [0.05, 0.1) is 21.8 Å². The zero-order valence-corrected chi connectivity index (χ0v) is 17.2. The minimum atomic E-state index is -0.315. The highest BCUT2D eigenvalue weighted by molar-refractivity contribution is 7.18. The molecule has 5 rings (SSSR count). The van der Waals surface area contributed by atoms with E-state index < -0.39 is 0 Å². The Morgan fingerprint density at radius 2 is 1.97 bits per heavy atom. The molecule has 6 heteroatoms. The van der Waals surface area contributed by atoms with Gasteiger partial charge in [-0.1, -0.05) is 24.3 Å². The number of furan rings is 1. The summed E-state index contributed by atoms with van der Waals surface area (Å²) >= 11 is 1.67. The van der Waals surface area contributed by atoms with Gasteiger partial charge < -0.3 is 9.32 Å². The Labute approximate surface area is 178 Å². The lowest BCUT2D eigenvalue weighted by Crippen LogP contribution is -2.30. The fourth-order valence-electron chi connectivity index (χ4n) is 4.05. The Bertz CT molecular complexity index is 1170. The van der Waals surface area contributed by atoms with Crippen LogP contribution in [0, 0.1) is 5.82 Å². The number of halogens is 1. The van der Waals surface area contributed by atoms with E-state index in [1.807, 2.05) is 29.2 Å². The van der Waals surface area contributed by atoms with Gasteiger partial charge in [-0.15, -0.1) is 11.3 Å². The molecule has 0 saturated carbocycles. The van der Waals surface area contributed by atoms with Crippen LogP contribution in [0.2, 0.25) is 0 Å². The first-order valence-corrected chi connectivity index (χ1v) is 11.0. The normalized spacial score (nSPS) is 16.4. The average molecular weight is 421 g/mol. The molecule has 1 atom stereocenters. The third-order valence-electron chi connectivity index (χ3n) is 5.55. The van der Waals surface area contributed by atoms with E-state index in [0.717, 1.165) is 34.6 Å². The first-order chi connectivity index (χ1) is 14.7. The van der Waals surface area contributed by atoms with Gasteiger partial charge in [-0.3, -0.25) is 4.79 Å². The second kappa shape index (κ2) is 8.03. The number of hydrogen-bond donors (Lipinski definition) is 0. The monoisotopic (exact) mass is 420 g/mol. The van der Waals surface area contributed by atoms with Gasteiger partial charge in [-0.25, -0.2) is 9.37 Å². The summed E-state index contributed by atoms with van der Waals surface area (Å²) in [6.45, 7) is 0.762. The van der Waals surface area contributed by atoms with E-state index in [0.29, 0.717) is 29.9 Å². The van der Waals surface area contributed by atoms with Crippen LogP contribution in [0.1, 0.15) is 36.1 Å². The van der Waals surface area contributed by atoms with Crippen molar-refractivity contribution >= 4 is 27.5 Å². The number of carbonyl (C=O) groups is 1. The standard InChI is InChI=1S/C24H21FN2O2S/c25-18-7-2-1-6-17(18)21-13-11-16(29-21)12-14-23(28)27-15-5-9-20(27)24-26-19-8-3-4-10-22(19)30-24/h1-4,6-8,10-11,13,20H,5,9,12,14-15H2/t20-/m0/s1. The zero-order valence-electron chi connectivity index (χ0n) is 16.4. The van der Waals surface area contributed by atoms with Crippen molar-refractivity contribution in [1.29, 1.82) is 0 Å². The third-order valence-corrected chi connectivity index (χ3v) is 6.69. The van der Waals surface area contributed by atoms with Crippen LogP contribution < -0.4 is 0 Å². The SMILES string of the molecule is O=C(CCc1ccc(-c2ccccc2F)o1)N1CCC[C@H]1c1nc2ccccc2s1. The van der Waals surface area contributed by atoms with E-state index >= 15 is 0 Å². The number of likely N-dealkylation sites (tertiary alicyclic amines) is 1. The topological polar surface area (TPSA) is 46.3 Å². The van der Waals surface area contributed by atoms with Crippen LogP contribution in [0.4, 0.5) is 4.39 Å². The largest absolute Gasteiger partial charge is 0.461 e. The summed E-state index contributed by atoms with van der Waals surface area (Å²) in [5.74, 6) is 0.979. The molecule has 4 aromatic rings. The third kappa shape index (κ3) is 3.63. The van der Waals surface area contributed by atoms with E-state index in [1.54, 1.807) is 35.6 Å². The number of aromatic nitrogens is 1. The van der Waals surface area contributed by atoms with Crippen molar-refractivity contribution < 1.29 is 13.6 Å². The van der Waals surface area contributed by atoms with Crippen molar-refractivity contribution in [3.8, 4) is 11.3 Å². The van der Waals surface area contributed by atoms with Crippen molar-refractivity contribution in [2.24, 2.45) is 0 Å². The van der Waals surface area contributed by atoms with E-state index in [4.69, 9.17) is 9.40 Å². The molecule has 1 aliphatic rings. The molecule has 0 radical (unpaired) electrons. The van der Waals surface area contributed by atoms with Gasteiger partial charge in [0.25, 0.3) is 0 Å². The van der Waals surface area contributed by atoms with Crippen molar-refractivity contribution in [2.75, 3.05) is 6.54 Å². The maximum atomic E-state index is 14.0. The highest BCUT2D eigenvalue weighted by Crippen LogP contribution is 2.37. The number of benzene rings is 2. The van der Waals surface area contributed by atoms with Gasteiger partial charge in [-0.05, 0) is 49.2 Å². The lowest BCUT2D eigenvalue weighted by atomic mass is 10.1. The summed E-state index contributed by atoms with van der Waals surface area (Å²) in [7, 11) is 0. The van der Waals surface area contributed by atoms with Crippen molar-refractivity contribution in [2.45, 2.75) is 31.7 Å². The Morgan fingerprint density at radius 1 is 1.13 bits per heavy atom. The van der Waals surface area contributed by atoms with Gasteiger partial charge in [0.2, 0.25) is 5.91 Å². The fraction of sp³-hybridized carbons (Fsp3) is 0.250. The van der Waals surface area contributed by atoms with E-state index in [1.165, 1.54) is 6.07 Å². The quantitative estimate of drug-likeness (QED) is 0.398. The molecule has 1 saturated heterocycles. The number of para-hydroxylation sites is 1. The minimum Gasteiger partial charge on any atom is -0.461 e. The molecule has 0 bridgehead atoms. The highest BCUT2D eigenvalue weighted by Gasteiger charge is 2.32. The molecule has 2 aromatic heterocycles. The Morgan fingerprint density at radius 3 is 2.83 bits per heavy atom. The molecule has 0 aliphatic carbocycles. The van der Waals surface area contributed by atoms with Crippen molar-refractivity contribution in [1.82, 2.24) is 9.88 Å². The zero-order chi connectivity index (χ0) is 20.5. The van der Waals surface area contributed by atoms with Gasteiger partial charge in [0, 0.05) is 19.4 Å². The fourth-order valence-corrected chi connectivity index (χ4v) is 5.16. The number of thiazole rings is 1. The van der Waals surface area contributed by atoms with Gasteiger partial charge in [0.1, 0.15) is 22.3 Å². The smallest absolute Gasteiger partial charge is 0.223 e. The lowest BCUT2D eigenvalue weighted by molar-refractivity contribution is -0.132. The molecule has 3 heterocycles. The molecule has 2 aromatic carbocycles. The second-order valence-electron chi connectivity index (χ2n) is 7.51. The summed E-state index contributed by atoms with van der Waals surface area (Å²) in [6, 6.07) is 18.3. The number of hydrogen-bond acceptors (Lipinski definition) is 4. The molecular formula is C24H21FN2O2S.